The van der Waals surface area contributed by atoms with Gasteiger partial charge < -0.3 is 0 Å². The van der Waals surface area contributed by atoms with Crippen molar-refractivity contribution in [1.82, 2.24) is 0 Å². The number of hydrogen-bond acceptors (Lipinski definition) is 0. The Bertz CT molecular complexity index is 57.6. The van der Waals surface area contributed by atoms with Gasteiger partial charge in [-0.25, -0.2) is 4.39 Å². The first-order chi connectivity index (χ1) is 2.64. The van der Waals surface area contributed by atoms with Crippen LogP contribution in [0.2, 0.25) is 0 Å². The molecule has 0 aliphatic rings. The van der Waals surface area contributed by atoms with Gasteiger partial charge in [0, 0.05) is 0 Å². The van der Waals surface area contributed by atoms with Crippen molar-refractivity contribution in [2.75, 3.05) is 0 Å². The standard InChI is InChI=1S/C4H7F/c1-3-4(2)5/h3H,1-2H3/b4-3-/i3D. The van der Waals surface area contributed by atoms with Crippen LogP contribution in [0.15, 0.2) is 11.9 Å². The topological polar surface area (TPSA) is 0 Å². The Balaban J connectivity index is 3.68. The highest BCUT2D eigenvalue weighted by Gasteiger charge is 1.66. The van der Waals surface area contributed by atoms with Gasteiger partial charge in [0.15, 0.2) is 0 Å². The van der Waals surface area contributed by atoms with E-state index in [4.69, 9.17) is 1.37 Å². The van der Waals surface area contributed by atoms with Gasteiger partial charge in [-0.15, -0.1) is 0 Å². The maximum absolute atomic E-state index is 11.5. The van der Waals surface area contributed by atoms with E-state index in [1.54, 1.807) is 0 Å². The molecule has 0 aliphatic heterocycles. The zero-order chi connectivity index (χ0) is 5.15. The molecule has 0 spiro atoms. The fraction of sp³-hybridized carbons (Fsp3) is 0.500. The molecule has 30 valence electrons. The minimum Gasteiger partial charge on any atom is -0.213 e. The van der Waals surface area contributed by atoms with E-state index in [0.717, 1.165) is 0 Å². The second-order valence-corrected chi connectivity index (χ2v) is 0.783. The summed E-state index contributed by atoms with van der Waals surface area (Å²) in [5.41, 5.74) is 0. The molecule has 0 rings (SSSR count). The van der Waals surface area contributed by atoms with Gasteiger partial charge in [0.05, 0.1) is 7.20 Å². The minimum absolute atomic E-state index is 0.00926. The molecule has 0 amide bonds. The average Bonchev–Trinajstić information content (AvgIpc) is 1.36. The van der Waals surface area contributed by atoms with E-state index in [-0.39, 0.29) is 6.05 Å². The third-order valence-electron chi connectivity index (χ3n) is 0.344. The molecular weight excluding hydrogens is 67.0 g/mol. The summed E-state index contributed by atoms with van der Waals surface area (Å²) in [5.74, 6) is -0.407. The van der Waals surface area contributed by atoms with E-state index in [1.807, 2.05) is 0 Å². The van der Waals surface area contributed by atoms with Crippen LogP contribution in [0.25, 0.3) is 0 Å². The molecule has 0 aliphatic carbocycles. The van der Waals surface area contributed by atoms with Crippen molar-refractivity contribution < 1.29 is 5.76 Å². The van der Waals surface area contributed by atoms with Gasteiger partial charge >= 0.3 is 0 Å². The van der Waals surface area contributed by atoms with Crippen molar-refractivity contribution >= 4 is 0 Å². The molecule has 0 fully saturated rings. The van der Waals surface area contributed by atoms with Gasteiger partial charge in [-0.05, 0) is 13.8 Å². The predicted octanol–water partition coefficient (Wildman–Crippen LogP) is 1.88. The van der Waals surface area contributed by atoms with Gasteiger partial charge in [0.1, 0.15) is 0 Å². The highest BCUT2D eigenvalue weighted by molar-refractivity contribution is 4.80. The molecule has 5 heavy (non-hydrogen) atoms. The summed E-state index contributed by atoms with van der Waals surface area (Å²) in [7, 11) is 0. The second-order valence-electron chi connectivity index (χ2n) is 0.783. The normalized spacial score (nSPS) is 17.0. The van der Waals surface area contributed by atoms with Crippen LogP contribution in [-0.2, 0) is 0 Å². The van der Waals surface area contributed by atoms with E-state index in [9.17, 15) is 4.39 Å². The molecule has 0 unspecified atom stereocenters. The lowest BCUT2D eigenvalue weighted by Crippen LogP contribution is -1.48. The fourth-order valence-electron chi connectivity index (χ4n) is 0. The number of hydrogen-bond donors (Lipinski definition) is 0. The second kappa shape index (κ2) is 1.94. The molecule has 1 heteroatoms. The van der Waals surface area contributed by atoms with Crippen LogP contribution in [0, 0.1) is 0 Å². The monoisotopic (exact) mass is 75.1 g/mol. The van der Waals surface area contributed by atoms with Gasteiger partial charge in [0.2, 0.25) is 0 Å². The Morgan fingerprint density at radius 3 is 2.40 bits per heavy atom. The molecule has 0 aromatic rings. The van der Waals surface area contributed by atoms with Crippen molar-refractivity contribution in [3.05, 3.63) is 11.9 Å². The minimum atomic E-state index is -0.407. The molecule has 0 aromatic heterocycles. The molecule has 0 nitrogen and oxygen atoms in total. The highest BCUT2D eigenvalue weighted by atomic mass is 19.1. The summed E-state index contributed by atoms with van der Waals surface area (Å²) in [6.45, 7) is 2.68. The first kappa shape index (κ1) is 2.88. The van der Waals surface area contributed by atoms with Crippen molar-refractivity contribution in [2.24, 2.45) is 0 Å². The molecule has 0 radical (unpaired) electrons. The zero-order valence-corrected chi connectivity index (χ0v) is 3.38. The van der Waals surface area contributed by atoms with Gasteiger partial charge in [-0.2, -0.15) is 0 Å². The molecule has 0 saturated heterocycles. The van der Waals surface area contributed by atoms with Crippen molar-refractivity contribution in [3.63, 3.8) is 0 Å². The van der Waals surface area contributed by atoms with E-state index < -0.39 is 5.83 Å². The van der Waals surface area contributed by atoms with Crippen LogP contribution in [0.1, 0.15) is 15.2 Å². The predicted molar refractivity (Wildman–Crippen MR) is 20.5 cm³/mol. The van der Waals surface area contributed by atoms with Crippen molar-refractivity contribution in [2.45, 2.75) is 13.8 Å². The first-order valence-electron chi connectivity index (χ1n) is 1.94. The van der Waals surface area contributed by atoms with Crippen molar-refractivity contribution in [1.29, 1.82) is 0 Å². The molecule has 0 saturated carbocycles. The summed E-state index contributed by atoms with van der Waals surface area (Å²) >= 11 is 0. The van der Waals surface area contributed by atoms with Crippen LogP contribution in [0.5, 0.6) is 0 Å². The summed E-state index contributed by atoms with van der Waals surface area (Å²) in [5, 5.41) is 0. The summed E-state index contributed by atoms with van der Waals surface area (Å²) in [4.78, 5) is 0. The van der Waals surface area contributed by atoms with Crippen LogP contribution in [0.4, 0.5) is 4.39 Å². The average molecular weight is 75.1 g/mol. The SMILES string of the molecule is [2H]/C(C)=C(\C)F. The summed E-state index contributed by atoms with van der Waals surface area (Å²) in [6, 6.07) is 0.00926. The Morgan fingerprint density at radius 2 is 2.40 bits per heavy atom. The Labute approximate surface area is 32.7 Å². The van der Waals surface area contributed by atoms with Crippen molar-refractivity contribution in [3.8, 4) is 0 Å². The molecule has 0 bridgehead atoms. The third kappa shape index (κ3) is 3.67. The lowest BCUT2D eigenvalue weighted by molar-refractivity contribution is 0.638. The van der Waals surface area contributed by atoms with Crippen LogP contribution < -0.4 is 0 Å². The van der Waals surface area contributed by atoms with E-state index in [0.29, 0.717) is 0 Å². The van der Waals surface area contributed by atoms with Gasteiger partial charge in [0.25, 0.3) is 0 Å². The Hall–Kier alpha value is -0.330. The molecule has 0 aromatic carbocycles. The van der Waals surface area contributed by atoms with Gasteiger partial charge in [-0.1, -0.05) is 6.05 Å². The number of halogens is 1. The molecule has 0 heterocycles. The first-order valence-corrected chi connectivity index (χ1v) is 1.44. The van der Waals surface area contributed by atoms with Crippen LogP contribution in [-0.4, -0.2) is 0 Å². The lowest BCUT2D eigenvalue weighted by Gasteiger charge is -1.68. The fourth-order valence-corrected chi connectivity index (χ4v) is 0. The van der Waals surface area contributed by atoms with Gasteiger partial charge in [-0.3, -0.25) is 0 Å². The molecular formula is C4H7F. The maximum Gasteiger partial charge on any atom is 0.0926 e. The Morgan fingerprint density at radius 1 is 2.20 bits per heavy atom. The number of rotatable bonds is 0. The highest BCUT2D eigenvalue weighted by Crippen LogP contribution is 1.87. The third-order valence-corrected chi connectivity index (χ3v) is 0.344. The van der Waals surface area contributed by atoms with E-state index in [1.165, 1.54) is 13.8 Å². The lowest BCUT2D eigenvalue weighted by atomic mass is 10.6. The quantitative estimate of drug-likeness (QED) is 0.412. The van der Waals surface area contributed by atoms with E-state index in [2.05, 4.69) is 0 Å². The Kier molecular flexibility index (Phi) is 1.12. The molecule has 0 atom stereocenters. The maximum atomic E-state index is 11.5. The van der Waals surface area contributed by atoms with E-state index >= 15 is 0 Å². The van der Waals surface area contributed by atoms with Crippen LogP contribution >= 0.6 is 0 Å². The summed E-state index contributed by atoms with van der Waals surface area (Å²) < 4.78 is 18.1. The largest absolute Gasteiger partial charge is 0.213 e. The summed E-state index contributed by atoms with van der Waals surface area (Å²) in [6.07, 6.45) is 0. The zero-order valence-electron chi connectivity index (χ0n) is 4.38. The van der Waals surface area contributed by atoms with Crippen LogP contribution in [0.3, 0.4) is 0 Å². The smallest absolute Gasteiger partial charge is 0.0926 e. The molecule has 0 N–H and O–H groups in total. The number of allylic oxidation sites excluding steroid dienone is 2.